The van der Waals surface area contributed by atoms with Crippen LogP contribution >= 0.6 is 0 Å². The van der Waals surface area contributed by atoms with Crippen LogP contribution in [-0.2, 0) is 0 Å². The minimum absolute atomic E-state index is 0.143. The van der Waals surface area contributed by atoms with Crippen LogP contribution in [0, 0.1) is 5.92 Å². The number of hydrogen-bond donors (Lipinski definition) is 3. The van der Waals surface area contributed by atoms with Crippen molar-refractivity contribution < 1.29 is 4.79 Å². The van der Waals surface area contributed by atoms with E-state index in [1.807, 2.05) is 6.92 Å². The molecule has 5 heteroatoms. The normalized spacial score (nSPS) is 17.8. The maximum Gasteiger partial charge on any atom is 0.256 e. The van der Waals surface area contributed by atoms with E-state index in [1.165, 1.54) is 19.0 Å². The fraction of sp³-hybridized carbons (Fsp3) is 0.556. The van der Waals surface area contributed by atoms with Crippen LogP contribution < -0.4 is 11.1 Å². The molecule has 0 spiro atoms. The smallest absolute Gasteiger partial charge is 0.256 e. The third-order valence-electron chi connectivity index (χ3n) is 2.60. The number of hydrogen-bond acceptors (Lipinski definition) is 3. The number of nitrogen functional groups attached to an aromatic ring is 1. The Bertz CT molecular complexity index is 342. The number of carbonyl (C=O) groups excluding carboxylic acids is 1. The molecule has 5 nitrogen and oxygen atoms in total. The molecule has 1 saturated carbocycles. The summed E-state index contributed by atoms with van der Waals surface area (Å²) in [5, 5.41) is 9.14. The summed E-state index contributed by atoms with van der Waals surface area (Å²) < 4.78 is 0. The molecule has 0 aromatic carbocycles. The number of rotatable bonds is 3. The molecule has 1 aliphatic rings. The first-order chi connectivity index (χ1) is 6.68. The summed E-state index contributed by atoms with van der Waals surface area (Å²) in [4.78, 5) is 11.6. The molecule has 1 heterocycles. The lowest BCUT2D eigenvalue weighted by molar-refractivity contribution is 0.0937. The molecule has 0 bridgehead atoms. The number of aromatic nitrogens is 2. The number of nitrogens with zero attached hydrogens (tertiary/aromatic N) is 1. The van der Waals surface area contributed by atoms with Crippen molar-refractivity contribution in [1.82, 2.24) is 15.5 Å². The molecule has 1 aromatic heterocycles. The SMILES string of the molecule is CC(NC(=O)c1cn[nH]c1N)C1CC1. The number of anilines is 1. The Hall–Kier alpha value is -1.52. The van der Waals surface area contributed by atoms with E-state index in [0.717, 1.165) is 0 Å². The zero-order valence-electron chi connectivity index (χ0n) is 8.08. The molecular formula is C9H14N4O. The van der Waals surface area contributed by atoms with Gasteiger partial charge in [0.05, 0.1) is 6.20 Å². The number of carbonyl (C=O) groups is 1. The first-order valence-electron chi connectivity index (χ1n) is 4.78. The minimum Gasteiger partial charge on any atom is -0.383 e. The summed E-state index contributed by atoms with van der Waals surface area (Å²) in [6, 6.07) is 0.233. The Balaban J connectivity index is 1.98. The van der Waals surface area contributed by atoms with E-state index in [-0.39, 0.29) is 11.9 Å². The molecule has 1 atom stereocenters. The van der Waals surface area contributed by atoms with Crippen molar-refractivity contribution in [3.63, 3.8) is 0 Å². The molecule has 0 saturated heterocycles. The number of nitrogens with two attached hydrogens (primary N) is 1. The third kappa shape index (κ3) is 1.71. The summed E-state index contributed by atoms with van der Waals surface area (Å²) in [6.45, 7) is 2.02. The predicted molar refractivity (Wildman–Crippen MR) is 52.7 cm³/mol. The van der Waals surface area contributed by atoms with Gasteiger partial charge >= 0.3 is 0 Å². The topological polar surface area (TPSA) is 83.8 Å². The van der Waals surface area contributed by atoms with Gasteiger partial charge in [-0.25, -0.2) is 0 Å². The molecule has 2 rings (SSSR count). The Kier molecular flexibility index (Phi) is 2.15. The van der Waals surface area contributed by atoms with Gasteiger partial charge in [0.2, 0.25) is 0 Å². The van der Waals surface area contributed by atoms with E-state index in [1.54, 1.807) is 0 Å². The zero-order chi connectivity index (χ0) is 10.1. The van der Waals surface area contributed by atoms with Crippen molar-refractivity contribution in [1.29, 1.82) is 0 Å². The molecular weight excluding hydrogens is 180 g/mol. The zero-order valence-corrected chi connectivity index (χ0v) is 8.08. The van der Waals surface area contributed by atoms with Crippen LogP contribution in [0.25, 0.3) is 0 Å². The van der Waals surface area contributed by atoms with Gasteiger partial charge in [0, 0.05) is 6.04 Å². The fourth-order valence-electron chi connectivity index (χ4n) is 1.48. The average molecular weight is 194 g/mol. The highest BCUT2D eigenvalue weighted by Gasteiger charge is 2.29. The number of aromatic amines is 1. The van der Waals surface area contributed by atoms with E-state index in [2.05, 4.69) is 15.5 Å². The van der Waals surface area contributed by atoms with Crippen LogP contribution in [0.4, 0.5) is 5.82 Å². The summed E-state index contributed by atoms with van der Waals surface area (Å²) in [7, 11) is 0. The average Bonchev–Trinajstić information content (AvgIpc) is 2.89. The molecule has 1 unspecified atom stereocenters. The lowest BCUT2D eigenvalue weighted by Gasteiger charge is -2.11. The van der Waals surface area contributed by atoms with Gasteiger partial charge in [-0.1, -0.05) is 0 Å². The van der Waals surface area contributed by atoms with Gasteiger partial charge in [-0.3, -0.25) is 9.89 Å². The molecule has 1 aliphatic carbocycles. The summed E-state index contributed by atoms with van der Waals surface area (Å²) in [6.07, 6.45) is 3.87. The summed E-state index contributed by atoms with van der Waals surface area (Å²) >= 11 is 0. The first-order valence-corrected chi connectivity index (χ1v) is 4.78. The Morgan fingerprint density at radius 3 is 3.00 bits per heavy atom. The van der Waals surface area contributed by atoms with Crippen molar-refractivity contribution in [2.45, 2.75) is 25.8 Å². The molecule has 14 heavy (non-hydrogen) atoms. The Labute approximate surface area is 82.1 Å². The summed E-state index contributed by atoms with van der Waals surface area (Å²) in [5.74, 6) is 0.827. The van der Waals surface area contributed by atoms with Gasteiger partial charge in [0.1, 0.15) is 11.4 Å². The van der Waals surface area contributed by atoms with Gasteiger partial charge < -0.3 is 11.1 Å². The van der Waals surface area contributed by atoms with E-state index in [4.69, 9.17) is 5.73 Å². The molecule has 0 aliphatic heterocycles. The summed E-state index contributed by atoms with van der Waals surface area (Å²) in [5.41, 5.74) is 5.96. The van der Waals surface area contributed by atoms with Crippen LogP contribution in [0.15, 0.2) is 6.20 Å². The maximum atomic E-state index is 11.6. The van der Waals surface area contributed by atoms with Crippen LogP contribution in [0.5, 0.6) is 0 Å². The van der Waals surface area contributed by atoms with E-state index < -0.39 is 0 Å². The third-order valence-corrected chi connectivity index (χ3v) is 2.60. The van der Waals surface area contributed by atoms with Gasteiger partial charge in [0.15, 0.2) is 0 Å². The number of amides is 1. The lowest BCUT2D eigenvalue weighted by atomic mass is 10.2. The van der Waals surface area contributed by atoms with E-state index in [9.17, 15) is 4.79 Å². The van der Waals surface area contributed by atoms with Crippen molar-refractivity contribution in [3.8, 4) is 0 Å². The minimum atomic E-state index is -0.143. The van der Waals surface area contributed by atoms with Gasteiger partial charge in [-0.05, 0) is 25.7 Å². The van der Waals surface area contributed by atoms with E-state index >= 15 is 0 Å². The van der Waals surface area contributed by atoms with Crippen molar-refractivity contribution in [2.24, 2.45) is 5.92 Å². The molecule has 1 fully saturated rings. The highest BCUT2D eigenvalue weighted by atomic mass is 16.1. The number of H-pyrrole nitrogens is 1. The van der Waals surface area contributed by atoms with E-state index in [0.29, 0.717) is 17.3 Å². The quantitative estimate of drug-likeness (QED) is 0.656. The highest BCUT2D eigenvalue weighted by molar-refractivity contribution is 5.98. The van der Waals surface area contributed by atoms with Crippen LogP contribution in [0.1, 0.15) is 30.1 Å². The lowest BCUT2D eigenvalue weighted by Crippen LogP contribution is -2.34. The predicted octanol–water partition coefficient (Wildman–Crippen LogP) is 0.520. The van der Waals surface area contributed by atoms with Crippen LogP contribution in [0.2, 0.25) is 0 Å². The second-order valence-corrected chi connectivity index (χ2v) is 3.80. The fourth-order valence-corrected chi connectivity index (χ4v) is 1.48. The molecule has 1 aromatic rings. The molecule has 0 radical (unpaired) electrons. The van der Waals surface area contributed by atoms with Crippen molar-refractivity contribution in [2.75, 3.05) is 5.73 Å². The molecule has 4 N–H and O–H groups in total. The Morgan fingerprint density at radius 2 is 2.50 bits per heavy atom. The Morgan fingerprint density at radius 1 is 1.79 bits per heavy atom. The van der Waals surface area contributed by atoms with Gasteiger partial charge in [-0.15, -0.1) is 0 Å². The van der Waals surface area contributed by atoms with Crippen LogP contribution in [-0.4, -0.2) is 22.1 Å². The molecule has 76 valence electrons. The second-order valence-electron chi connectivity index (χ2n) is 3.80. The highest BCUT2D eigenvalue weighted by Crippen LogP contribution is 2.32. The van der Waals surface area contributed by atoms with Gasteiger partial charge in [0.25, 0.3) is 5.91 Å². The standard InChI is InChI=1S/C9H14N4O/c1-5(6-2-3-6)12-9(14)7-4-11-13-8(7)10/h4-6H,2-3H2,1H3,(H,12,14)(H3,10,11,13). The monoisotopic (exact) mass is 194 g/mol. The second kappa shape index (κ2) is 3.32. The number of nitrogens with one attached hydrogen (secondary N) is 2. The van der Waals surface area contributed by atoms with Crippen molar-refractivity contribution in [3.05, 3.63) is 11.8 Å². The first kappa shape index (κ1) is 9.05. The largest absolute Gasteiger partial charge is 0.383 e. The van der Waals surface area contributed by atoms with Crippen molar-refractivity contribution >= 4 is 11.7 Å². The van der Waals surface area contributed by atoms with Crippen LogP contribution in [0.3, 0.4) is 0 Å². The van der Waals surface area contributed by atoms with Gasteiger partial charge in [-0.2, -0.15) is 5.10 Å². The molecule has 1 amide bonds. The maximum absolute atomic E-state index is 11.6.